The van der Waals surface area contributed by atoms with Crippen molar-refractivity contribution in [3.8, 4) is 5.75 Å². The van der Waals surface area contributed by atoms with E-state index in [0.29, 0.717) is 0 Å². The maximum atomic E-state index is 13.3. The third-order valence-electron chi connectivity index (χ3n) is 2.46. The van der Waals surface area contributed by atoms with Gasteiger partial charge >= 0.3 is 0 Å². The summed E-state index contributed by atoms with van der Waals surface area (Å²) < 4.78 is 43.6. The smallest absolute Gasteiger partial charge is 0.280 e. The molecule has 0 aliphatic heterocycles. The van der Waals surface area contributed by atoms with E-state index in [1.54, 1.807) is 0 Å². The first kappa shape index (κ1) is 12.4. The summed E-state index contributed by atoms with van der Waals surface area (Å²) in [6, 6.07) is 3.30. The van der Waals surface area contributed by atoms with Crippen LogP contribution in [0.2, 0.25) is 0 Å². The van der Waals surface area contributed by atoms with Gasteiger partial charge in [0.15, 0.2) is 0 Å². The minimum Gasteiger partial charge on any atom is -0.494 e. The third-order valence-corrected chi connectivity index (χ3v) is 2.46. The van der Waals surface area contributed by atoms with Crippen LogP contribution in [0.15, 0.2) is 18.2 Å². The van der Waals surface area contributed by atoms with Crippen LogP contribution in [0.1, 0.15) is 12.1 Å². The summed E-state index contributed by atoms with van der Waals surface area (Å²) >= 11 is 0. The summed E-state index contributed by atoms with van der Waals surface area (Å²) in [6.07, 6.45) is -2.75. The highest BCUT2D eigenvalue weighted by atomic mass is 19.3. The number of aromatic nitrogens is 1. The lowest BCUT2D eigenvalue weighted by atomic mass is 10.1. The normalized spacial score (nSPS) is 11.0. The number of nitrogens with zero attached hydrogens (tertiary/aromatic N) is 1. The van der Waals surface area contributed by atoms with E-state index in [1.165, 1.54) is 7.11 Å². The van der Waals surface area contributed by atoms with E-state index in [2.05, 4.69) is 10.4 Å². The number of nitrogens with two attached hydrogens (primary N) is 1. The Morgan fingerprint density at radius 3 is 2.61 bits per heavy atom. The maximum absolute atomic E-state index is 13.3. The molecule has 96 valence electrons. The van der Waals surface area contributed by atoms with Crippen LogP contribution in [-0.2, 0) is 0 Å². The van der Waals surface area contributed by atoms with Gasteiger partial charge in [-0.15, -0.1) is 0 Å². The second-order valence-corrected chi connectivity index (χ2v) is 3.54. The van der Waals surface area contributed by atoms with Gasteiger partial charge in [0.2, 0.25) is 0 Å². The lowest BCUT2D eigenvalue weighted by Crippen LogP contribution is -2.09. The third kappa shape index (κ3) is 2.04. The summed E-state index contributed by atoms with van der Waals surface area (Å²) in [4.78, 5) is 3.76. The molecule has 0 amide bonds. The highest BCUT2D eigenvalue weighted by Gasteiger charge is 2.16. The van der Waals surface area contributed by atoms with E-state index in [0.717, 1.165) is 18.2 Å². The Morgan fingerprint density at radius 2 is 2.06 bits per heavy atom. The Bertz CT molecular complexity index is 589. The van der Waals surface area contributed by atoms with Crippen molar-refractivity contribution in [2.45, 2.75) is 6.43 Å². The van der Waals surface area contributed by atoms with Gasteiger partial charge in [-0.1, -0.05) is 0 Å². The summed E-state index contributed by atoms with van der Waals surface area (Å²) in [6.45, 7) is 0. The van der Waals surface area contributed by atoms with Crippen molar-refractivity contribution in [3.63, 3.8) is 0 Å². The van der Waals surface area contributed by atoms with Gasteiger partial charge < -0.3 is 10.2 Å². The van der Waals surface area contributed by atoms with E-state index < -0.39 is 17.9 Å². The molecule has 1 aromatic carbocycles. The molecule has 1 aromatic heterocycles. The number of rotatable bonds is 3. The number of nitrogen functional groups attached to an aromatic ring is 1. The number of anilines is 1. The van der Waals surface area contributed by atoms with Crippen molar-refractivity contribution in [3.05, 3.63) is 29.7 Å². The van der Waals surface area contributed by atoms with Gasteiger partial charge in [-0.25, -0.2) is 18.2 Å². The Morgan fingerprint density at radius 1 is 1.33 bits per heavy atom. The fourth-order valence-corrected chi connectivity index (χ4v) is 1.67. The SMILES string of the molecule is COc1cc(F)cc2c(NN)cc(C(F)F)nc12. The first-order chi connectivity index (χ1) is 8.56. The van der Waals surface area contributed by atoms with Crippen molar-refractivity contribution in [1.82, 2.24) is 4.98 Å². The van der Waals surface area contributed by atoms with Crippen LogP contribution in [0.25, 0.3) is 10.9 Å². The number of hydrogen-bond donors (Lipinski definition) is 2. The molecular weight excluding hydrogens is 247 g/mol. The fraction of sp³-hybridized carbons (Fsp3) is 0.182. The number of hydrogen-bond acceptors (Lipinski definition) is 4. The molecule has 1 heterocycles. The maximum Gasteiger partial charge on any atom is 0.280 e. The van der Waals surface area contributed by atoms with Gasteiger partial charge in [0, 0.05) is 11.5 Å². The van der Waals surface area contributed by atoms with Crippen molar-refractivity contribution in [1.29, 1.82) is 0 Å². The molecule has 0 saturated heterocycles. The molecule has 0 aliphatic carbocycles. The van der Waals surface area contributed by atoms with Crippen molar-refractivity contribution >= 4 is 16.6 Å². The highest BCUT2D eigenvalue weighted by Crippen LogP contribution is 2.33. The second-order valence-electron chi connectivity index (χ2n) is 3.54. The number of halogens is 3. The molecule has 2 aromatic rings. The number of ether oxygens (including phenoxy) is 1. The topological polar surface area (TPSA) is 60.2 Å². The number of benzene rings is 1. The molecule has 0 saturated carbocycles. The number of alkyl halides is 2. The van der Waals surface area contributed by atoms with E-state index in [9.17, 15) is 13.2 Å². The zero-order chi connectivity index (χ0) is 13.3. The van der Waals surface area contributed by atoms with Crippen molar-refractivity contribution in [2.24, 2.45) is 5.84 Å². The van der Waals surface area contributed by atoms with Crippen molar-refractivity contribution < 1.29 is 17.9 Å². The zero-order valence-corrected chi connectivity index (χ0v) is 9.38. The summed E-state index contributed by atoms with van der Waals surface area (Å²) in [5.74, 6) is 4.75. The van der Waals surface area contributed by atoms with Gasteiger partial charge in [0.1, 0.15) is 22.8 Å². The summed E-state index contributed by atoms with van der Waals surface area (Å²) in [7, 11) is 1.31. The Balaban J connectivity index is 2.82. The predicted octanol–water partition coefficient (Wildman–Crippen LogP) is 2.61. The lowest BCUT2D eigenvalue weighted by Gasteiger charge is -2.11. The lowest BCUT2D eigenvalue weighted by molar-refractivity contribution is 0.146. The molecule has 0 bridgehead atoms. The molecule has 0 unspecified atom stereocenters. The first-order valence-corrected chi connectivity index (χ1v) is 4.99. The van der Waals surface area contributed by atoms with Crippen LogP contribution in [0.5, 0.6) is 5.75 Å². The average molecular weight is 257 g/mol. The first-order valence-electron chi connectivity index (χ1n) is 4.99. The molecule has 18 heavy (non-hydrogen) atoms. The largest absolute Gasteiger partial charge is 0.494 e. The monoisotopic (exact) mass is 257 g/mol. The zero-order valence-electron chi connectivity index (χ0n) is 9.38. The average Bonchev–Trinajstić information content (AvgIpc) is 2.36. The number of methoxy groups -OCH3 is 1. The minimum atomic E-state index is -2.75. The number of pyridine rings is 1. The summed E-state index contributed by atoms with van der Waals surface area (Å²) in [5, 5.41) is 0.277. The molecule has 0 radical (unpaired) electrons. The highest BCUT2D eigenvalue weighted by molar-refractivity contribution is 5.95. The van der Waals surface area contributed by atoms with Gasteiger partial charge in [0.25, 0.3) is 6.43 Å². The van der Waals surface area contributed by atoms with Gasteiger partial charge in [-0.3, -0.25) is 5.84 Å². The molecule has 0 aliphatic rings. The molecule has 0 spiro atoms. The van der Waals surface area contributed by atoms with Crippen LogP contribution in [0, 0.1) is 5.82 Å². The van der Waals surface area contributed by atoms with E-state index in [-0.39, 0.29) is 22.3 Å². The standard InChI is InChI=1S/C11H10F3N3O/c1-18-9-3-5(12)2-6-7(17-15)4-8(11(13)14)16-10(6)9/h2-4,11H,15H2,1H3,(H,16,17). The molecule has 4 nitrogen and oxygen atoms in total. The Hall–Kier alpha value is -2.02. The molecule has 0 fully saturated rings. The van der Waals surface area contributed by atoms with E-state index in [4.69, 9.17) is 10.6 Å². The van der Waals surface area contributed by atoms with Crippen LogP contribution in [-0.4, -0.2) is 12.1 Å². The number of nitrogens with one attached hydrogen (secondary N) is 1. The molecular formula is C11H10F3N3O. The van der Waals surface area contributed by atoms with Crippen LogP contribution in [0.3, 0.4) is 0 Å². The van der Waals surface area contributed by atoms with Gasteiger partial charge in [-0.05, 0) is 12.1 Å². The second kappa shape index (κ2) is 4.69. The minimum absolute atomic E-state index is 0.0731. The Kier molecular flexibility index (Phi) is 3.24. The van der Waals surface area contributed by atoms with Crippen molar-refractivity contribution in [2.75, 3.05) is 12.5 Å². The van der Waals surface area contributed by atoms with Crippen LogP contribution in [0.4, 0.5) is 18.9 Å². The van der Waals surface area contributed by atoms with E-state index in [1.807, 2.05) is 0 Å². The summed E-state index contributed by atoms with van der Waals surface area (Å²) in [5.41, 5.74) is 2.08. The molecule has 3 N–H and O–H groups in total. The molecule has 7 heteroatoms. The van der Waals surface area contributed by atoms with E-state index >= 15 is 0 Å². The molecule has 0 atom stereocenters. The fourth-order valence-electron chi connectivity index (χ4n) is 1.67. The van der Waals surface area contributed by atoms with Crippen LogP contribution < -0.4 is 16.0 Å². The van der Waals surface area contributed by atoms with Crippen LogP contribution >= 0.6 is 0 Å². The number of hydrazine groups is 1. The Labute approximate surface area is 101 Å². The predicted molar refractivity (Wildman–Crippen MR) is 61.0 cm³/mol. The molecule has 2 rings (SSSR count). The van der Waals surface area contributed by atoms with Gasteiger partial charge in [-0.2, -0.15) is 0 Å². The van der Waals surface area contributed by atoms with Gasteiger partial charge in [0.05, 0.1) is 12.8 Å². The quantitative estimate of drug-likeness (QED) is 0.655. The number of fused-ring (bicyclic) bond motifs is 1.